The molecule has 0 radical (unpaired) electrons. The van der Waals surface area contributed by atoms with Crippen molar-refractivity contribution in [1.29, 1.82) is 0 Å². The van der Waals surface area contributed by atoms with Gasteiger partial charge in [-0.25, -0.2) is 0 Å². The van der Waals surface area contributed by atoms with Crippen LogP contribution < -0.4 is 0 Å². The second-order valence-corrected chi connectivity index (χ2v) is 5.85. The van der Waals surface area contributed by atoms with Gasteiger partial charge in [0.15, 0.2) is 0 Å². The smallest absolute Gasteiger partial charge is 0.315 e. The summed E-state index contributed by atoms with van der Waals surface area (Å²) in [6.45, 7) is 3.63. The summed E-state index contributed by atoms with van der Waals surface area (Å²) in [6.07, 6.45) is -0.438. The lowest BCUT2D eigenvalue weighted by atomic mass is 9.78. The fraction of sp³-hybridized carbons (Fsp3) is 0.353. The van der Waals surface area contributed by atoms with Gasteiger partial charge in [-0.05, 0) is 36.2 Å². The van der Waals surface area contributed by atoms with Gasteiger partial charge in [0.05, 0.1) is 11.5 Å². The van der Waals surface area contributed by atoms with Crippen molar-refractivity contribution in [2.75, 3.05) is 0 Å². The molecule has 0 bridgehead atoms. The Morgan fingerprint density at radius 1 is 1.25 bits per heavy atom. The molecule has 1 fully saturated rings. The van der Waals surface area contributed by atoms with Gasteiger partial charge in [0.25, 0.3) is 0 Å². The van der Waals surface area contributed by atoms with E-state index in [1.165, 1.54) is 0 Å². The van der Waals surface area contributed by atoms with Crippen LogP contribution in [0.15, 0.2) is 42.5 Å². The van der Waals surface area contributed by atoms with Gasteiger partial charge in [-0.2, -0.15) is 0 Å². The molecule has 0 amide bonds. The van der Waals surface area contributed by atoms with Crippen LogP contribution in [0.5, 0.6) is 0 Å². The van der Waals surface area contributed by atoms with Crippen LogP contribution in [-0.4, -0.2) is 17.2 Å². The summed E-state index contributed by atoms with van der Waals surface area (Å²) in [7, 11) is 0. The molecule has 1 N–H and O–H groups in total. The second kappa shape index (κ2) is 4.60. The first-order chi connectivity index (χ1) is 9.50. The van der Waals surface area contributed by atoms with E-state index in [0.717, 1.165) is 16.3 Å². The van der Waals surface area contributed by atoms with E-state index in [4.69, 9.17) is 4.74 Å². The lowest BCUT2D eigenvalue weighted by Gasteiger charge is -2.26. The Morgan fingerprint density at radius 3 is 2.60 bits per heavy atom. The molecule has 104 valence electrons. The van der Waals surface area contributed by atoms with E-state index in [-0.39, 0.29) is 12.1 Å². The maximum absolute atomic E-state index is 12.0. The van der Waals surface area contributed by atoms with E-state index in [1.54, 1.807) is 6.92 Å². The van der Waals surface area contributed by atoms with Gasteiger partial charge in [-0.3, -0.25) is 4.79 Å². The molecule has 1 heterocycles. The van der Waals surface area contributed by atoms with Crippen LogP contribution in [0.3, 0.4) is 0 Å². The second-order valence-electron chi connectivity index (χ2n) is 5.85. The lowest BCUT2D eigenvalue weighted by molar-refractivity contribution is -0.152. The van der Waals surface area contributed by atoms with E-state index in [2.05, 4.69) is 0 Å². The number of aliphatic hydroxyl groups is 1. The number of carbonyl (C=O) groups excluding carboxylic acids is 1. The van der Waals surface area contributed by atoms with Crippen LogP contribution in [0, 0.1) is 5.41 Å². The zero-order valence-electron chi connectivity index (χ0n) is 11.7. The largest absolute Gasteiger partial charge is 0.462 e. The van der Waals surface area contributed by atoms with Crippen molar-refractivity contribution in [1.82, 2.24) is 0 Å². The average Bonchev–Trinajstić information content (AvgIpc) is 2.71. The van der Waals surface area contributed by atoms with E-state index in [1.807, 2.05) is 49.4 Å². The first-order valence-corrected chi connectivity index (χ1v) is 6.88. The van der Waals surface area contributed by atoms with Crippen LogP contribution in [0.1, 0.15) is 31.9 Å². The summed E-state index contributed by atoms with van der Waals surface area (Å²) in [4.78, 5) is 12.0. The van der Waals surface area contributed by atoms with E-state index < -0.39 is 11.5 Å². The van der Waals surface area contributed by atoms with Crippen molar-refractivity contribution in [3.05, 3.63) is 48.0 Å². The van der Waals surface area contributed by atoms with Gasteiger partial charge in [0.2, 0.25) is 0 Å². The first-order valence-electron chi connectivity index (χ1n) is 6.88. The zero-order chi connectivity index (χ0) is 14.3. The third kappa shape index (κ3) is 1.98. The fourth-order valence-corrected chi connectivity index (χ4v) is 3.01. The molecule has 0 aliphatic carbocycles. The Labute approximate surface area is 118 Å². The molecule has 0 spiro atoms. The third-order valence-corrected chi connectivity index (χ3v) is 4.18. The Bertz CT molecular complexity index is 664. The maximum atomic E-state index is 12.0. The molecule has 1 aliphatic heterocycles. The monoisotopic (exact) mass is 270 g/mol. The Hall–Kier alpha value is -1.87. The first kappa shape index (κ1) is 13.1. The number of rotatable bonds is 2. The molecule has 2 aromatic rings. The van der Waals surface area contributed by atoms with Crippen molar-refractivity contribution < 1.29 is 14.6 Å². The highest BCUT2D eigenvalue weighted by Gasteiger charge is 2.49. The number of hydrogen-bond acceptors (Lipinski definition) is 3. The molecule has 1 saturated heterocycles. The summed E-state index contributed by atoms with van der Waals surface area (Å²) in [5.41, 5.74) is -0.0979. The SMILES string of the molecule is CC1C[C@](C)([C@@H](O)c2ccc3ccccc3c2)C(=O)O1. The number of hydrogen-bond donors (Lipinski definition) is 1. The number of cyclic esters (lactones) is 1. The van der Waals surface area contributed by atoms with Crippen LogP contribution in [0.25, 0.3) is 10.8 Å². The number of carbonyl (C=O) groups is 1. The van der Waals surface area contributed by atoms with E-state index in [9.17, 15) is 9.90 Å². The summed E-state index contributed by atoms with van der Waals surface area (Å²) in [6, 6.07) is 13.8. The summed E-state index contributed by atoms with van der Waals surface area (Å²) in [5.74, 6) is -0.314. The molecule has 3 atom stereocenters. The van der Waals surface area contributed by atoms with Crippen molar-refractivity contribution in [2.24, 2.45) is 5.41 Å². The van der Waals surface area contributed by atoms with Crippen molar-refractivity contribution in [3.63, 3.8) is 0 Å². The van der Waals surface area contributed by atoms with E-state index >= 15 is 0 Å². The predicted octanol–water partition coefficient (Wildman–Crippen LogP) is 3.21. The molecule has 1 aliphatic rings. The molecule has 20 heavy (non-hydrogen) atoms. The Morgan fingerprint density at radius 2 is 1.95 bits per heavy atom. The molecule has 0 aromatic heterocycles. The number of aliphatic hydroxyl groups excluding tert-OH is 1. The minimum Gasteiger partial charge on any atom is -0.462 e. The third-order valence-electron chi connectivity index (χ3n) is 4.18. The molecule has 0 saturated carbocycles. The highest BCUT2D eigenvalue weighted by molar-refractivity contribution is 5.84. The van der Waals surface area contributed by atoms with Gasteiger partial charge >= 0.3 is 5.97 Å². The normalized spacial score (nSPS) is 27.6. The van der Waals surface area contributed by atoms with Crippen molar-refractivity contribution >= 4 is 16.7 Å². The number of esters is 1. The highest BCUT2D eigenvalue weighted by Crippen LogP contribution is 2.44. The zero-order valence-corrected chi connectivity index (χ0v) is 11.7. The van der Waals surface area contributed by atoms with E-state index in [0.29, 0.717) is 6.42 Å². The van der Waals surface area contributed by atoms with Gasteiger partial charge in [0.1, 0.15) is 6.10 Å². The molecule has 3 heteroatoms. The van der Waals surface area contributed by atoms with Crippen LogP contribution in [-0.2, 0) is 9.53 Å². The van der Waals surface area contributed by atoms with Crippen LogP contribution in [0.2, 0.25) is 0 Å². The predicted molar refractivity (Wildman–Crippen MR) is 77.2 cm³/mol. The molecule has 2 aromatic carbocycles. The van der Waals surface area contributed by atoms with Crippen LogP contribution in [0.4, 0.5) is 0 Å². The molecular weight excluding hydrogens is 252 g/mol. The van der Waals surface area contributed by atoms with Gasteiger partial charge < -0.3 is 9.84 Å². The van der Waals surface area contributed by atoms with Gasteiger partial charge in [0, 0.05) is 6.42 Å². The molecule has 1 unspecified atom stereocenters. The number of benzene rings is 2. The minimum absolute atomic E-state index is 0.136. The van der Waals surface area contributed by atoms with Crippen molar-refractivity contribution in [3.8, 4) is 0 Å². The number of fused-ring (bicyclic) bond motifs is 1. The molecule has 3 rings (SSSR count). The Balaban J connectivity index is 2.00. The quantitative estimate of drug-likeness (QED) is 0.852. The maximum Gasteiger partial charge on any atom is 0.315 e. The summed E-state index contributed by atoms with van der Waals surface area (Å²) < 4.78 is 5.21. The van der Waals surface area contributed by atoms with Crippen molar-refractivity contribution in [2.45, 2.75) is 32.5 Å². The minimum atomic E-state index is -0.859. The number of ether oxygens (including phenoxy) is 1. The molecule has 3 nitrogen and oxygen atoms in total. The topological polar surface area (TPSA) is 46.5 Å². The van der Waals surface area contributed by atoms with Gasteiger partial charge in [-0.1, -0.05) is 36.4 Å². The fourth-order valence-electron chi connectivity index (χ4n) is 3.01. The van der Waals surface area contributed by atoms with Crippen LogP contribution >= 0.6 is 0 Å². The lowest BCUT2D eigenvalue weighted by Crippen LogP contribution is -2.30. The standard InChI is InChI=1S/C17H18O3/c1-11-10-17(2,16(19)20-11)15(18)14-8-7-12-5-3-4-6-13(12)9-14/h3-9,11,15,18H,10H2,1-2H3/t11?,15-,17+/m0/s1. The summed E-state index contributed by atoms with van der Waals surface area (Å²) in [5, 5.41) is 12.8. The van der Waals surface area contributed by atoms with Gasteiger partial charge in [-0.15, -0.1) is 0 Å². The Kier molecular flexibility index (Phi) is 3.02. The summed E-state index contributed by atoms with van der Waals surface area (Å²) >= 11 is 0. The molecular formula is C17H18O3. The average molecular weight is 270 g/mol. The highest BCUT2D eigenvalue weighted by atomic mass is 16.6.